The van der Waals surface area contributed by atoms with Gasteiger partial charge < -0.3 is 24.3 Å². The summed E-state index contributed by atoms with van der Waals surface area (Å²) in [5, 5.41) is 3.41. The predicted molar refractivity (Wildman–Crippen MR) is 79.2 cm³/mol. The van der Waals surface area contributed by atoms with Crippen LogP contribution in [0.2, 0.25) is 0 Å². The lowest BCUT2D eigenvalue weighted by atomic mass is 10.2. The molecule has 5 heteroatoms. The third-order valence-electron chi connectivity index (χ3n) is 3.31. The van der Waals surface area contributed by atoms with E-state index >= 15 is 0 Å². The highest BCUT2D eigenvalue weighted by molar-refractivity contribution is 4.75. The Kier molecular flexibility index (Phi) is 11.2. The summed E-state index contributed by atoms with van der Waals surface area (Å²) in [6.07, 6.45) is 5.00. The zero-order valence-corrected chi connectivity index (χ0v) is 13.1. The van der Waals surface area contributed by atoms with Crippen LogP contribution in [0.5, 0.6) is 0 Å². The van der Waals surface area contributed by atoms with Crippen LogP contribution in [0.15, 0.2) is 0 Å². The first kappa shape index (κ1) is 17.9. The molecule has 1 N–H and O–H groups in total. The van der Waals surface area contributed by atoms with Gasteiger partial charge in [0.15, 0.2) is 0 Å². The van der Waals surface area contributed by atoms with Gasteiger partial charge in [0, 0.05) is 26.9 Å². The third kappa shape index (κ3) is 8.87. The zero-order valence-electron chi connectivity index (χ0n) is 13.1. The number of hydrogen-bond acceptors (Lipinski definition) is 5. The first-order valence-corrected chi connectivity index (χ1v) is 7.87. The van der Waals surface area contributed by atoms with Gasteiger partial charge in [-0.2, -0.15) is 0 Å². The van der Waals surface area contributed by atoms with Crippen molar-refractivity contribution in [2.24, 2.45) is 0 Å². The van der Waals surface area contributed by atoms with Crippen molar-refractivity contribution in [3.63, 3.8) is 0 Å². The molecule has 20 heavy (non-hydrogen) atoms. The van der Waals surface area contributed by atoms with E-state index in [1.807, 2.05) is 0 Å². The minimum Gasteiger partial charge on any atom is -0.382 e. The molecule has 0 aromatic rings. The topological polar surface area (TPSA) is 49.0 Å². The van der Waals surface area contributed by atoms with Crippen LogP contribution in [0, 0.1) is 0 Å². The van der Waals surface area contributed by atoms with E-state index in [-0.39, 0.29) is 6.10 Å². The van der Waals surface area contributed by atoms with E-state index in [1.165, 1.54) is 6.42 Å². The van der Waals surface area contributed by atoms with Gasteiger partial charge in [0.05, 0.1) is 32.0 Å². The van der Waals surface area contributed by atoms with Gasteiger partial charge in [0.2, 0.25) is 0 Å². The predicted octanol–water partition coefficient (Wildman–Crippen LogP) is 1.60. The lowest BCUT2D eigenvalue weighted by molar-refractivity contribution is -0.0195. The lowest BCUT2D eigenvalue weighted by Gasteiger charge is -2.14. The maximum absolute atomic E-state index is 5.93. The Morgan fingerprint density at radius 1 is 1.05 bits per heavy atom. The summed E-state index contributed by atoms with van der Waals surface area (Å²) in [5.74, 6) is 0. The maximum atomic E-state index is 5.93. The van der Waals surface area contributed by atoms with E-state index < -0.39 is 0 Å². The molecule has 1 aliphatic heterocycles. The third-order valence-corrected chi connectivity index (χ3v) is 3.31. The minimum atomic E-state index is 0.276. The smallest absolute Gasteiger partial charge is 0.0813 e. The van der Waals surface area contributed by atoms with Crippen LogP contribution in [0.4, 0.5) is 0 Å². The summed E-state index contributed by atoms with van der Waals surface area (Å²) < 4.78 is 21.9. The number of methoxy groups -OCH3 is 1. The minimum absolute atomic E-state index is 0.276. The van der Waals surface area contributed by atoms with Gasteiger partial charge in [-0.3, -0.25) is 0 Å². The number of nitrogens with one attached hydrogen (secondary N) is 1. The molecule has 0 amide bonds. The standard InChI is InChI=1S/C15H31NO4/c1-3-7-16-12-14-5-6-15(20-14)13-19-9-4-8-18-11-10-17-2/h14-16H,3-13H2,1-2H3. The van der Waals surface area contributed by atoms with Crippen molar-refractivity contribution in [1.82, 2.24) is 5.32 Å². The molecule has 0 radical (unpaired) electrons. The molecule has 5 nitrogen and oxygen atoms in total. The van der Waals surface area contributed by atoms with Gasteiger partial charge in [-0.15, -0.1) is 0 Å². The largest absolute Gasteiger partial charge is 0.382 e. The highest BCUT2D eigenvalue weighted by atomic mass is 16.5. The van der Waals surface area contributed by atoms with Crippen LogP contribution in [0.3, 0.4) is 0 Å². The van der Waals surface area contributed by atoms with Gasteiger partial charge in [0.25, 0.3) is 0 Å². The van der Waals surface area contributed by atoms with Crippen LogP contribution < -0.4 is 5.32 Å². The van der Waals surface area contributed by atoms with Crippen molar-refractivity contribution in [1.29, 1.82) is 0 Å². The fraction of sp³-hybridized carbons (Fsp3) is 1.00. The van der Waals surface area contributed by atoms with E-state index in [0.717, 1.165) is 45.6 Å². The highest BCUT2D eigenvalue weighted by Gasteiger charge is 2.24. The summed E-state index contributed by atoms with van der Waals surface area (Å²) in [4.78, 5) is 0. The molecule has 2 unspecified atom stereocenters. The first-order valence-electron chi connectivity index (χ1n) is 7.87. The summed E-state index contributed by atoms with van der Waals surface area (Å²) in [6, 6.07) is 0. The van der Waals surface area contributed by atoms with Crippen LogP contribution in [0.1, 0.15) is 32.6 Å². The summed E-state index contributed by atoms with van der Waals surface area (Å²) >= 11 is 0. The van der Waals surface area contributed by atoms with Crippen molar-refractivity contribution < 1.29 is 18.9 Å². The Hall–Kier alpha value is -0.200. The molecule has 0 aliphatic carbocycles. The Bertz CT molecular complexity index is 216. The molecule has 0 saturated carbocycles. The molecular weight excluding hydrogens is 258 g/mol. The van der Waals surface area contributed by atoms with Crippen LogP contribution >= 0.6 is 0 Å². The van der Waals surface area contributed by atoms with Gasteiger partial charge in [0.1, 0.15) is 0 Å². The monoisotopic (exact) mass is 289 g/mol. The average Bonchev–Trinajstić information content (AvgIpc) is 2.90. The molecule has 1 fully saturated rings. The summed E-state index contributed by atoms with van der Waals surface area (Å²) in [6.45, 7) is 7.73. The Morgan fingerprint density at radius 2 is 1.85 bits per heavy atom. The summed E-state index contributed by atoms with van der Waals surface area (Å²) in [5.41, 5.74) is 0. The second kappa shape index (κ2) is 12.5. The van der Waals surface area contributed by atoms with Gasteiger partial charge in [-0.1, -0.05) is 6.92 Å². The first-order chi connectivity index (χ1) is 9.86. The molecule has 1 rings (SSSR count). The highest BCUT2D eigenvalue weighted by Crippen LogP contribution is 2.19. The molecule has 0 bridgehead atoms. The Labute approximate surface area is 123 Å². The quantitative estimate of drug-likeness (QED) is 0.522. The summed E-state index contributed by atoms with van der Waals surface area (Å²) in [7, 11) is 1.68. The van der Waals surface area contributed by atoms with Crippen molar-refractivity contribution in [2.75, 3.05) is 53.2 Å². The van der Waals surface area contributed by atoms with E-state index in [9.17, 15) is 0 Å². The molecule has 0 aromatic heterocycles. The molecule has 2 atom stereocenters. The van der Waals surface area contributed by atoms with Gasteiger partial charge in [-0.05, 0) is 32.2 Å². The van der Waals surface area contributed by atoms with Gasteiger partial charge in [-0.25, -0.2) is 0 Å². The second-order valence-corrected chi connectivity index (χ2v) is 5.20. The molecular formula is C15H31NO4. The van der Waals surface area contributed by atoms with E-state index in [4.69, 9.17) is 18.9 Å². The maximum Gasteiger partial charge on any atom is 0.0813 e. The van der Waals surface area contributed by atoms with Crippen molar-refractivity contribution >= 4 is 0 Å². The normalized spacial score (nSPS) is 22.5. The lowest BCUT2D eigenvalue weighted by Crippen LogP contribution is -2.28. The zero-order chi connectivity index (χ0) is 14.5. The Morgan fingerprint density at radius 3 is 2.65 bits per heavy atom. The van der Waals surface area contributed by atoms with Crippen LogP contribution in [-0.4, -0.2) is 65.4 Å². The van der Waals surface area contributed by atoms with Gasteiger partial charge >= 0.3 is 0 Å². The van der Waals surface area contributed by atoms with E-state index in [0.29, 0.717) is 25.9 Å². The second-order valence-electron chi connectivity index (χ2n) is 5.20. The molecule has 1 saturated heterocycles. The van der Waals surface area contributed by atoms with Crippen molar-refractivity contribution in [3.8, 4) is 0 Å². The Balaban J connectivity index is 1.86. The SMILES string of the molecule is CCCNCC1CCC(COCCCOCCOC)O1. The van der Waals surface area contributed by atoms with E-state index in [1.54, 1.807) is 7.11 Å². The number of rotatable bonds is 13. The van der Waals surface area contributed by atoms with Crippen LogP contribution in [0.25, 0.3) is 0 Å². The number of hydrogen-bond donors (Lipinski definition) is 1. The van der Waals surface area contributed by atoms with Crippen LogP contribution in [-0.2, 0) is 18.9 Å². The van der Waals surface area contributed by atoms with Crippen molar-refractivity contribution in [3.05, 3.63) is 0 Å². The van der Waals surface area contributed by atoms with Crippen molar-refractivity contribution in [2.45, 2.75) is 44.8 Å². The fourth-order valence-corrected chi connectivity index (χ4v) is 2.21. The number of ether oxygens (including phenoxy) is 4. The fourth-order valence-electron chi connectivity index (χ4n) is 2.21. The molecule has 120 valence electrons. The molecule has 1 aliphatic rings. The average molecular weight is 289 g/mol. The molecule has 0 aromatic carbocycles. The van der Waals surface area contributed by atoms with E-state index in [2.05, 4.69) is 12.2 Å². The molecule has 1 heterocycles. The molecule has 0 spiro atoms.